The number of aryl methyl sites for hydroxylation is 2. The van der Waals surface area contributed by atoms with Crippen LogP contribution in [0.5, 0.6) is 0 Å². The molecule has 0 unspecified atom stereocenters. The lowest BCUT2D eigenvalue weighted by molar-refractivity contribution is 0.101. The lowest BCUT2D eigenvalue weighted by atomic mass is 10.1. The smallest absolute Gasteiger partial charge is 0.274 e. The fourth-order valence-electron chi connectivity index (χ4n) is 2.81. The summed E-state index contributed by atoms with van der Waals surface area (Å²) in [6.45, 7) is 3.90. The van der Waals surface area contributed by atoms with Gasteiger partial charge in [-0.3, -0.25) is 9.59 Å². The molecule has 0 spiro atoms. The highest BCUT2D eigenvalue weighted by molar-refractivity contribution is 6.06. The van der Waals surface area contributed by atoms with E-state index >= 15 is 0 Å². The Bertz CT molecular complexity index is 1080. The van der Waals surface area contributed by atoms with Crippen LogP contribution in [0.3, 0.4) is 0 Å². The molecule has 6 nitrogen and oxygen atoms in total. The van der Waals surface area contributed by atoms with Crippen molar-refractivity contribution >= 4 is 23.2 Å². The minimum atomic E-state index is -0.497. The molecule has 0 aliphatic heterocycles. The van der Waals surface area contributed by atoms with Gasteiger partial charge >= 0.3 is 0 Å². The number of pyridine rings is 1. The summed E-state index contributed by atoms with van der Waals surface area (Å²) in [4.78, 5) is 29.2. The average molecular weight is 370 g/mol. The molecule has 6 heteroatoms. The number of nitriles is 1. The molecule has 0 aliphatic carbocycles. The second kappa shape index (κ2) is 8.14. The molecule has 1 aromatic heterocycles. The number of aromatic nitrogens is 1. The van der Waals surface area contributed by atoms with Gasteiger partial charge in [0.1, 0.15) is 17.5 Å². The molecule has 0 atom stereocenters. The Morgan fingerprint density at radius 2 is 1.46 bits per heavy atom. The predicted octanol–water partition coefficient (Wildman–Crippen LogP) is 4.07. The Morgan fingerprint density at radius 3 is 2.11 bits per heavy atom. The zero-order valence-electron chi connectivity index (χ0n) is 15.5. The third-order valence-corrected chi connectivity index (χ3v) is 3.99. The van der Waals surface area contributed by atoms with Gasteiger partial charge in [0.25, 0.3) is 11.8 Å². The summed E-state index contributed by atoms with van der Waals surface area (Å²) in [6.07, 6.45) is 0. The van der Waals surface area contributed by atoms with Crippen molar-refractivity contribution in [2.24, 2.45) is 0 Å². The maximum atomic E-state index is 12.5. The third-order valence-electron chi connectivity index (χ3n) is 3.99. The van der Waals surface area contributed by atoms with Crippen molar-refractivity contribution in [3.8, 4) is 6.07 Å². The van der Waals surface area contributed by atoms with Gasteiger partial charge in [-0.15, -0.1) is 0 Å². The highest BCUT2D eigenvalue weighted by Crippen LogP contribution is 2.16. The standard InChI is InChI=1S/C22H18N4O2/c1-14-10-15(2)12-17(11-14)24-21(27)19-8-5-9-20(25-19)22(28)26-18-7-4-3-6-16(18)13-23/h3-12H,1-2H3,(H,24,27)(H,26,28). The minimum absolute atomic E-state index is 0.0841. The largest absolute Gasteiger partial charge is 0.321 e. The Hall–Kier alpha value is -3.98. The first-order valence-electron chi connectivity index (χ1n) is 8.63. The molecule has 0 radical (unpaired) electrons. The maximum Gasteiger partial charge on any atom is 0.274 e. The molecule has 2 N–H and O–H groups in total. The van der Waals surface area contributed by atoms with Gasteiger partial charge in [0.05, 0.1) is 11.3 Å². The van der Waals surface area contributed by atoms with E-state index in [2.05, 4.69) is 15.6 Å². The number of carbonyl (C=O) groups excluding carboxylic acids is 2. The predicted molar refractivity (Wildman–Crippen MR) is 107 cm³/mol. The van der Waals surface area contributed by atoms with Crippen LogP contribution in [-0.4, -0.2) is 16.8 Å². The quantitative estimate of drug-likeness (QED) is 0.723. The van der Waals surface area contributed by atoms with E-state index in [1.807, 2.05) is 38.1 Å². The van der Waals surface area contributed by atoms with Crippen molar-refractivity contribution in [1.29, 1.82) is 5.26 Å². The monoisotopic (exact) mass is 370 g/mol. The maximum absolute atomic E-state index is 12.5. The van der Waals surface area contributed by atoms with E-state index in [-0.39, 0.29) is 11.4 Å². The summed E-state index contributed by atoms with van der Waals surface area (Å²) in [5, 5.41) is 14.6. The van der Waals surface area contributed by atoms with Crippen LogP contribution in [0, 0.1) is 25.2 Å². The first-order valence-corrected chi connectivity index (χ1v) is 8.63. The number of para-hydroxylation sites is 1. The van der Waals surface area contributed by atoms with Crippen molar-refractivity contribution < 1.29 is 9.59 Å². The summed E-state index contributed by atoms with van der Waals surface area (Å²) in [6, 6.07) is 19.1. The van der Waals surface area contributed by atoms with Crippen LogP contribution in [0.2, 0.25) is 0 Å². The zero-order valence-corrected chi connectivity index (χ0v) is 15.5. The number of hydrogen-bond acceptors (Lipinski definition) is 4. The Labute approximate surface area is 162 Å². The van der Waals surface area contributed by atoms with Crippen LogP contribution in [0.25, 0.3) is 0 Å². The molecule has 2 aromatic carbocycles. The van der Waals surface area contributed by atoms with Crippen molar-refractivity contribution in [2.75, 3.05) is 10.6 Å². The minimum Gasteiger partial charge on any atom is -0.321 e. The molecular weight excluding hydrogens is 352 g/mol. The van der Waals surface area contributed by atoms with Gasteiger partial charge in [-0.05, 0) is 61.4 Å². The fraction of sp³-hybridized carbons (Fsp3) is 0.0909. The summed E-state index contributed by atoms with van der Waals surface area (Å²) >= 11 is 0. The van der Waals surface area contributed by atoms with Crippen LogP contribution >= 0.6 is 0 Å². The van der Waals surface area contributed by atoms with Gasteiger partial charge in [-0.25, -0.2) is 4.98 Å². The lowest BCUT2D eigenvalue weighted by Crippen LogP contribution is -2.19. The van der Waals surface area contributed by atoms with E-state index in [0.717, 1.165) is 11.1 Å². The van der Waals surface area contributed by atoms with Crippen LogP contribution in [0.1, 0.15) is 37.7 Å². The van der Waals surface area contributed by atoms with E-state index < -0.39 is 11.8 Å². The van der Waals surface area contributed by atoms with Gasteiger partial charge < -0.3 is 10.6 Å². The number of anilines is 2. The SMILES string of the molecule is Cc1cc(C)cc(NC(=O)c2cccc(C(=O)Nc3ccccc3C#N)n2)c1. The third kappa shape index (κ3) is 4.40. The summed E-state index contributed by atoms with van der Waals surface area (Å²) in [5.41, 5.74) is 3.69. The normalized spacial score (nSPS) is 10.0. The Balaban J connectivity index is 1.78. The van der Waals surface area contributed by atoms with E-state index in [9.17, 15) is 9.59 Å². The van der Waals surface area contributed by atoms with E-state index in [1.165, 1.54) is 12.1 Å². The first kappa shape index (κ1) is 18.8. The molecule has 3 aromatic rings. The number of rotatable bonds is 4. The average Bonchev–Trinajstić information content (AvgIpc) is 2.67. The molecule has 0 fully saturated rings. The molecule has 1 heterocycles. The molecule has 0 bridgehead atoms. The summed E-state index contributed by atoms with van der Waals surface area (Å²) in [7, 11) is 0. The molecule has 0 saturated heterocycles. The molecule has 138 valence electrons. The van der Waals surface area contributed by atoms with Gasteiger partial charge in [-0.2, -0.15) is 5.26 Å². The van der Waals surface area contributed by atoms with E-state index in [4.69, 9.17) is 5.26 Å². The first-order chi connectivity index (χ1) is 13.5. The highest BCUT2D eigenvalue weighted by atomic mass is 16.2. The van der Waals surface area contributed by atoms with Crippen molar-refractivity contribution in [3.05, 3.63) is 88.7 Å². The number of nitrogens with zero attached hydrogens (tertiary/aromatic N) is 2. The van der Waals surface area contributed by atoms with Gasteiger partial charge in [0.15, 0.2) is 0 Å². The molecular formula is C22H18N4O2. The Kier molecular flexibility index (Phi) is 5.47. The fourth-order valence-corrected chi connectivity index (χ4v) is 2.81. The van der Waals surface area contributed by atoms with E-state index in [0.29, 0.717) is 16.9 Å². The van der Waals surface area contributed by atoms with Crippen LogP contribution in [0.4, 0.5) is 11.4 Å². The topological polar surface area (TPSA) is 94.9 Å². The van der Waals surface area contributed by atoms with Gasteiger partial charge in [0, 0.05) is 5.69 Å². The van der Waals surface area contributed by atoms with Gasteiger partial charge in [0.2, 0.25) is 0 Å². The number of carbonyl (C=O) groups is 2. The number of benzene rings is 2. The zero-order chi connectivity index (χ0) is 20.1. The molecule has 2 amide bonds. The number of nitrogens with one attached hydrogen (secondary N) is 2. The van der Waals surface area contributed by atoms with Crippen molar-refractivity contribution in [1.82, 2.24) is 4.98 Å². The second-order valence-electron chi connectivity index (χ2n) is 6.35. The van der Waals surface area contributed by atoms with Gasteiger partial charge in [-0.1, -0.05) is 24.3 Å². The number of hydrogen-bond donors (Lipinski definition) is 2. The van der Waals surface area contributed by atoms with Crippen LogP contribution in [-0.2, 0) is 0 Å². The molecule has 3 rings (SSSR count). The molecule has 0 aliphatic rings. The van der Waals surface area contributed by atoms with Crippen LogP contribution < -0.4 is 10.6 Å². The summed E-state index contributed by atoms with van der Waals surface area (Å²) < 4.78 is 0. The van der Waals surface area contributed by atoms with Crippen molar-refractivity contribution in [3.63, 3.8) is 0 Å². The summed E-state index contributed by atoms with van der Waals surface area (Å²) in [5.74, 6) is -0.902. The van der Waals surface area contributed by atoms with Crippen molar-refractivity contribution in [2.45, 2.75) is 13.8 Å². The lowest BCUT2D eigenvalue weighted by Gasteiger charge is -2.09. The highest BCUT2D eigenvalue weighted by Gasteiger charge is 2.14. The second-order valence-corrected chi connectivity index (χ2v) is 6.35. The molecule has 0 saturated carbocycles. The molecule has 28 heavy (non-hydrogen) atoms. The van der Waals surface area contributed by atoms with Crippen LogP contribution in [0.15, 0.2) is 60.7 Å². The number of amides is 2. The Morgan fingerprint density at radius 1 is 0.857 bits per heavy atom. The van der Waals surface area contributed by atoms with E-state index in [1.54, 1.807) is 30.3 Å².